The van der Waals surface area contributed by atoms with Crippen molar-refractivity contribution >= 4 is 11.8 Å². The Labute approximate surface area is 89.9 Å². The molecule has 0 saturated heterocycles. The van der Waals surface area contributed by atoms with E-state index in [0.29, 0.717) is 6.10 Å². The maximum Gasteiger partial charge on any atom is 0.133 e. The standard InChI is InChI=1S/C12H16OS/c1-3-9-4-7-11(12(8-9)14-2)13-10-5-6-10/h4,7-8,10H,3,5-6H2,1-2H3. The maximum atomic E-state index is 5.83. The van der Waals surface area contributed by atoms with Crippen molar-refractivity contribution in [3.63, 3.8) is 0 Å². The molecule has 76 valence electrons. The van der Waals surface area contributed by atoms with Crippen LogP contribution in [0.4, 0.5) is 0 Å². The Bertz CT molecular complexity index is 318. The molecular formula is C12H16OS. The third-order valence-corrected chi connectivity index (χ3v) is 3.21. The second-order valence-electron chi connectivity index (χ2n) is 3.66. The van der Waals surface area contributed by atoms with Gasteiger partial charge in [0.2, 0.25) is 0 Å². The van der Waals surface area contributed by atoms with Gasteiger partial charge in [0.25, 0.3) is 0 Å². The summed E-state index contributed by atoms with van der Waals surface area (Å²) in [7, 11) is 0. The van der Waals surface area contributed by atoms with E-state index < -0.39 is 0 Å². The molecule has 1 aromatic carbocycles. The highest BCUT2D eigenvalue weighted by atomic mass is 32.2. The van der Waals surface area contributed by atoms with Crippen molar-refractivity contribution in [2.45, 2.75) is 37.2 Å². The predicted octanol–water partition coefficient (Wildman–Crippen LogP) is 3.51. The molecule has 0 unspecified atom stereocenters. The van der Waals surface area contributed by atoms with Gasteiger partial charge in [-0.15, -0.1) is 11.8 Å². The first-order valence-electron chi connectivity index (χ1n) is 5.17. The summed E-state index contributed by atoms with van der Waals surface area (Å²) in [5, 5.41) is 0. The van der Waals surface area contributed by atoms with Crippen LogP contribution in [-0.2, 0) is 6.42 Å². The highest BCUT2D eigenvalue weighted by molar-refractivity contribution is 7.98. The van der Waals surface area contributed by atoms with Gasteiger partial charge in [0, 0.05) is 4.90 Å². The van der Waals surface area contributed by atoms with E-state index in [4.69, 9.17) is 4.74 Å². The molecule has 0 spiro atoms. The van der Waals surface area contributed by atoms with Gasteiger partial charge >= 0.3 is 0 Å². The number of aryl methyl sites for hydroxylation is 1. The lowest BCUT2D eigenvalue weighted by molar-refractivity contribution is 0.296. The molecule has 0 aromatic heterocycles. The van der Waals surface area contributed by atoms with E-state index in [2.05, 4.69) is 31.4 Å². The summed E-state index contributed by atoms with van der Waals surface area (Å²) in [6, 6.07) is 6.52. The number of benzene rings is 1. The van der Waals surface area contributed by atoms with Crippen LogP contribution in [0.25, 0.3) is 0 Å². The molecule has 1 nitrogen and oxygen atoms in total. The average Bonchev–Trinajstić information content (AvgIpc) is 3.02. The lowest BCUT2D eigenvalue weighted by Crippen LogP contribution is -1.97. The van der Waals surface area contributed by atoms with Crippen LogP contribution in [-0.4, -0.2) is 12.4 Å². The van der Waals surface area contributed by atoms with E-state index in [9.17, 15) is 0 Å². The Morgan fingerprint density at radius 1 is 1.43 bits per heavy atom. The largest absolute Gasteiger partial charge is 0.489 e. The van der Waals surface area contributed by atoms with Gasteiger partial charge in [0.1, 0.15) is 5.75 Å². The van der Waals surface area contributed by atoms with Gasteiger partial charge in [-0.05, 0) is 43.2 Å². The molecule has 1 fully saturated rings. The molecule has 1 aliphatic rings. The molecule has 1 aliphatic carbocycles. The summed E-state index contributed by atoms with van der Waals surface area (Å²) < 4.78 is 5.83. The first-order valence-corrected chi connectivity index (χ1v) is 6.39. The number of rotatable bonds is 4. The summed E-state index contributed by atoms with van der Waals surface area (Å²) in [6.45, 7) is 2.18. The van der Waals surface area contributed by atoms with E-state index in [1.54, 1.807) is 11.8 Å². The van der Waals surface area contributed by atoms with Crippen LogP contribution in [0.3, 0.4) is 0 Å². The summed E-state index contributed by atoms with van der Waals surface area (Å²) in [6.07, 6.45) is 6.15. The monoisotopic (exact) mass is 208 g/mol. The van der Waals surface area contributed by atoms with E-state index in [-0.39, 0.29) is 0 Å². The lowest BCUT2D eigenvalue weighted by atomic mass is 10.2. The van der Waals surface area contributed by atoms with E-state index >= 15 is 0 Å². The zero-order valence-corrected chi connectivity index (χ0v) is 9.56. The molecule has 0 aliphatic heterocycles. The van der Waals surface area contributed by atoms with Gasteiger partial charge in [-0.3, -0.25) is 0 Å². The molecule has 1 saturated carbocycles. The Morgan fingerprint density at radius 3 is 2.79 bits per heavy atom. The second-order valence-corrected chi connectivity index (χ2v) is 4.50. The first-order chi connectivity index (χ1) is 6.83. The molecule has 2 heteroatoms. The average molecular weight is 208 g/mol. The van der Waals surface area contributed by atoms with Crippen LogP contribution in [0, 0.1) is 0 Å². The van der Waals surface area contributed by atoms with Crippen LogP contribution < -0.4 is 4.74 Å². The maximum absolute atomic E-state index is 5.83. The van der Waals surface area contributed by atoms with Crippen molar-refractivity contribution in [1.82, 2.24) is 0 Å². The van der Waals surface area contributed by atoms with Gasteiger partial charge < -0.3 is 4.74 Å². The molecule has 0 heterocycles. The van der Waals surface area contributed by atoms with Gasteiger partial charge in [0.05, 0.1) is 6.10 Å². The molecule has 2 rings (SSSR count). The van der Waals surface area contributed by atoms with Crippen LogP contribution in [0.5, 0.6) is 5.75 Å². The summed E-state index contributed by atoms with van der Waals surface area (Å²) in [5.74, 6) is 1.07. The normalized spacial score (nSPS) is 15.6. The second kappa shape index (κ2) is 4.26. The SMILES string of the molecule is CCc1ccc(OC2CC2)c(SC)c1. The van der Waals surface area contributed by atoms with Crippen LogP contribution in [0.15, 0.2) is 23.1 Å². The number of hydrogen-bond acceptors (Lipinski definition) is 2. The molecule has 0 N–H and O–H groups in total. The fourth-order valence-electron chi connectivity index (χ4n) is 1.39. The van der Waals surface area contributed by atoms with Crippen molar-refractivity contribution in [1.29, 1.82) is 0 Å². The van der Waals surface area contributed by atoms with Crippen molar-refractivity contribution < 1.29 is 4.74 Å². The van der Waals surface area contributed by atoms with Gasteiger partial charge in [-0.1, -0.05) is 13.0 Å². The van der Waals surface area contributed by atoms with Gasteiger partial charge in [-0.25, -0.2) is 0 Å². The van der Waals surface area contributed by atoms with Crippen LogP contribution >= 0.6 is 11.8 Å². The highest BCUT2D eigenvalue weighted by Crippen LogP contribution is 2.34. The minimum Gasteiger partial charge on any atom is -0.489 e. The van der Waals surface area contributed by atoms with Crippen molar-refractivity contribution in [2.75, 3.05) is 6.26 Å². The number of thioether (sulfide) groups is 1. The molecule has 14 heavy (non-hydrogen) atoms. The zero-order chi connectivity index (χ0) is 9.97. The van der Waals surface area contributed by atoms with E-state index in [1.165, 1.54) is 23.3 Å². The van der Waals surface area contributed by atoms with Gasteiger partial charge in [0.15, 0.2) is 0 Å². The fraction of sp³-hybridized carbons (Fsp3) is 0.500. The van der Waals surface area contributed by atoms with Crippen LogP contribution in [0.2, 0.25) is 0 Å². The quantitative estimate of drug-likeness (QED) is 0.700. The third kappa shape index (κ3) is 2.24. The molecular weight excluding hydrogens is 192 g/mol. The third-order valence-electron chi connectivity index (χ3n) is 2.45. The summed E-state index contributed by atoms with van der Waals surface area (Å²) in [4.78, 5) is 1.27. The molecule has 0 bridgehead atoms. The topological polar surface area (TPSA) is 9.23 Å². The first kappa shape index (κ1) is 9.91. The highest BCUT2D eigenvalue weighted by Gasteiger charge is 2.24. The predicted molar refractivity (Wildman–Crippen MR) is 61.3 cm³/mol. The Kier molecular flexibility index (Phi) is 3.02. The Balaban J connectivity index is 2.19. The number of ether oxygens (including phenoxy) is 1. The minimum atomic E-state index is 0.494. The number of hydrogen-bond donors (Lipinski definition) is 0. The Hall–Kier alpha value is -0.630. The van der Waals surface area contributed by atoms with Crippen LogP contribution in [0.1, 0.15) is 25.3 Å². The fourth-order valence-corrected chi connectivity index (χ4v) is 1.98. The molecule has 0 atom stereocenters. The molecule has 0 radical (unpaired) electrons. The van der Waals surface area contributed by atoms with Crippen molar-refractivity contribution in [3.05, 3.63) is 23.8 Å². The van der Waals surface area contributed by atoms with Crippen molar-refractivity contribution in [2.24, 2.45) is 0 Å². The van der Waals surface area contributed by atoms with E-state index in [0.717, 1.165) is 12.2 Å². The minimum absolute atomic E-state index is 0.494. The van der Waals surface area contributed by atoms with E-state index in [1.807, 2.05) is 0 Å². The summed E-state index contributed by atoms with van der Waals surface area (Å²) >= 11 is 1.77. The Morgan fingerprint density at radius 2 is 2.21 bits per heavy atom. The molecule has 0 amide bonds. The van der Waals surface area contributed by atoms with Gasteiger partial charge in [-0.2, -0.15) is 0 Å². The smallest absolute Gasteiger partial charge is 0.133 e. The molecule has 1 aromatic rings. The lowest BCUT2D eigenvalue weighted by Gasteiger charge is -2.10. The summed E-state index contributed by atoms with van der Waals surface area (Å²) in [5.41, 5.74) is 1.39. The van der Waals surface area contributed by atoms with Crippen molar-refractivity contribution in [3.8, 4) is 5.75 Å². The zero-order valence-electron chi connectivity index (χ0n) is 8.75.